The number of likely N-dealkylation sites (N-methyl/N-ethyl adjacent to an activating group) is 1. The number of carbonyl (C=O) groups excluding carboxylic acids is 2. The van der Waals surface area contributed by atoms with Gasteiger partial charge in [-0.2, -0.15) is 0 Å². The lowest BCUT2D eigenvalue weighted by atomic mass is 9.87. The van der Waals surface area contributed by atoms with Gasteiger partial charge in [-0.1, -0.05) is 53.5 Å². The molecule has 1 aliphatic carbocycles. The number of allylic oxidation sites excluding steroid dienone is 1. The molecule has 3 aromatic carbocycles. The summed E-state index contributed by atoms with van der Waals surface area (Å²) in [6.07, 6.45) is 7.02. The first-order valence-corrected chi connectivity index (χ1v) is 14.9. The molecular weight excluding hydrogens is 571 g/mol. The molecule has 1 saturated heterocycles. The molecule has 0 bridgehead atoms. The molecule has 2 aliphatic rings. The van der Waals surface area contributed by atoms with Gasteiger partial charge in [0.05, 0.1) is 12.7 Å². The standard InChI is InChI=1S/C34H34Cl2N2O4/c1-37-32(39)7-4-17-38-18-16-27(21-38)42-26-12-8-22(9-13-26)33-28-14-10-24(34(40)41-2)19-23(28)5-3-6-30(33)29-15-11-25(35)20-31(29)36/h4,7-15,19-20,27H,3,5-6,16-18,21H2,1-2H3,(H,37,39)/b7-4+/t27-/m1/s1. The molecule has 1 atom stereocenters. The SMILES string of the molecule is CNC(=O)/C=C/CN1CC[C@@H](Oc2ccc(C3=C(c4ccc(Cl)cc4Cl)CCCc4cc(C(=O)OC)ccc43)cc2)C1. The van der Waals surface area contributed by atoms with Crippen LogP contribution in [0.3, 0.4) is 0 Å². The van der Waals surface area contributed by atoms with Crippen LogP contribution >= 0.6 is 23.2 Å². The first-order valence-electron chi connectivity index (χ1n) is 14.1. The van der Waals surface area contributed by atoms with Crippen molar-refractivity contribution < 1.29 is 19.1 Å². The molecule has 0 radical (unpaired) electrons. The van der Waals surface area contributed by atoms with E-state index >= 15 is 0 Å². The van der Waals surface area contributed by atoms with Crippen molar-refractivity contribution in [3.8, 4) is 5.75 Å². The number of aryl methyl sites for hydroxylation is 1. The zero-order chi connectivity index (χ0) is 29.6. The highest BCUT2D eigenvalue weighted by molar-refractivity contribution is 6.36. The number of ether oxygens (including phenoxy) is 2. The number of carbonyl (C=O) groups is 2. The number of hydrogen-bond acceptors (Lipinski definition) is 5. The van der Waals surface area contributed by atoms with Crippen LogP contribution in [0.1, 0.15) is 51.9 Å². The molecule has 0 saturated carbocycles. The van der Waals surface area contributed by atoms with Crippen LogP contribution in [0.5, 0.6) is 5.75 Å². The van der Waals surface area contributed by atoms with Crippen LogP contribution in [0, 0.1) is 0 Å². The normalized spacial score (nSPS) is 17.2. The Kier molecular flexibility index (Phi) is 9.68. The molecule has 0 aromatic heterocycles. The van der Waals surface area contributed by atoms with E-state index in [1.54, 1.807) is 19.2 Å². The summed E-state index contributed by atoms with van der Waals surface area (Å²) in [5, 5.41) is 3.80. The summed E-state index contributed by atoms with van der Waals surface area (Å²) < 4.78 is 11.3. The van der Waals surface area contributed by atoms with E-state index in [0.717, 1.165) is 77.9 Å². The Morgan fingerprint density at radius 1 is 1.02 bits per heavy atom. The van der Waals surface area contributed by atoms with Gasteiger partial charge in [0.2, 0.25) is 5.91 Å². The molecule has 8 heteroatoms. The number of amides is 1. The van der Waals surface area contributed by atoms with Gasteiger partial charge in [0.1, 0.15) is 11.9 Å². The minimum Gasteiger partial charge on any atom is -0.489 e. The van der Waals surface area contributed by atoms with Crippen molar-refractivity contribution in [3.63, 3.8) is 0 Å². The Labute approximate surface area is 256 Å². The van der Waals surface area contributed by atoms with E-state index in [9.17, 15) is 9.59 Å². The first kappa shape index (κ1) is 29.9. The molecule has 3 aromatic rings. The quantitative estimate of drug-likeness (QED) is 0.225. The average molecular weight is 606 g/mol. The van der Waals surface area contributed by atoms with Gasteiger partial charge in [0.15, 0.2) is 0 Å². The molecule has 1 amide bonds. The highest BCUT2D eigenvalue weighted by Crippen LogP contribution is 2.42. The van der Waals surface area contributed by atoms with Crippen LogP contribution in [0.15, 0.2) is 72.8 Å². The van der Waals surface area contributed by atoms with Crippen LogP contribution in [0.4, 0.5) is 0 Å². The van der Waals surface area contributed by atoms with E-state index < -0.39 is 0 Å². The maximum atomic E-state index is 12.3. The summed E-state index contributed by atoms with van der Waals surface area (Å²) in [4.78, 5) is 26.0. The predicted octanol–water partition coefficient (Wildman–Crippen LogP) is 6.83. The summed E-state index contributed by atoms with van der Waals surface area (Å²) >= 11 is 13.0. The number of nitrogens with zero attached hydrogens (tertiary/aromatic N) is 1. The number of benzene rings is 3. The maximum absolute atomic E-state index is 12.3. The van der Waals surface area contributed by atoms with Gasteiger partial charge in [-0.25, -0.2) is 4.79 Å². The topological polar surface area (TPSA) is 67.9 Å². The number of nitrogens with one attached hydrogen (secondary N) is 1. The van der Waals surface area contributed by atoms with Gasteiger partial charge in [-0.05, 0) is 95.5 Å². The van der Waals surface area contributed by atoms with Crippen molar-refractivity contribution in [2.45, 2.75) is 31.8 Å². The molecular formula is C34H34Cl2N2O4. The van der Waals surface area contributed by atoms with Crippen molar-refractivity contribution in [3.05, 3.63) is 111 Å². The molecule has 6 nitrogen and oxygen atoms in total. The number of methoxy groups -OCH3 is 1. The van der Waals surface area contributed by atoms with Gasteiger partial charge in [-0.15, -0.1) is 0 Å². The number of hydrogen-bond donors (Lipinski definition) is 1. The van der Waals surface area contributed by atoms with Crippen LogP contribution in [-0.4, -0.2) is 56.7 Å². The fraction of sp³-hybridized carbons (Fsp3) is 0.294. The molecule has 1 aliphatic heterocycles. The molecule has 1 fully saturated rings. The number of esters is 1. The lowest BCUT2D eigenvalue weighted by Gasteiger charge is -2.19. The minimum absolute atomic E-state index is 0.0854. The van der Waals surface area contributed by atoms with E-state index in [4.69, 9.17) is 32.7 Å². The molecule has 0 spiro atoms. The van der Waals surface area contributed by atoms with Crippen molar-refractivity contribution in [2.75, 3.05) is 33.8 Å². The number of halogens is 2. The van der Waals surface area contributed by atoms with E-state index in [1.165, 1.54) is 7.11 Å². The summed E-state index contributed by atoms with van der Waals surface area (Å²) in [5.74, 6) is 0.370. The second-order valence-corrected chi connectivity index (χ2v) is 11.4. The molecule has 1 N–H and O–H groups in total. The monoisotopic (exact) mass is 604 g/mol. The summed E-state index contributed by atoms with van der Waals surface area (Å²) in [6, 6.07) is 19.7. The average Bonchev–Trinajstić information content (AvgIpc) is 3.35. The molecule has 218 valence electrons. The third kappa shape index (κ3) is 6.89. The number of rotatable bonds is 8. The van der Waals surface area contributed by atoms with Gasteiger partial charge in [0.25, 0.3) is 0 Å². The third-order valence-electron chi connectivity index (χ3n) is 7.78. The largest absolute Gasteiger partial charge is 0.489 e. The van der Waals surface area contributed by atoms with Crippen LogP contribution in [-0.2, 0) is 16.0 Å². The van der Waals surface area contributed by atoms with E-state index in [2.05, 4.69) is 22.3 Å². The van der Waals surface area contributed by atoms with E-state index in [0.29, 0.717) is 22.2 Å². The predicted molar refractivity (Wildman–Crippen MR) is 168 cm³/mol. The molecule has 5 rings (SSSR count). The highest BCUT2D eigenvalue weighted by Gasteiger charge is 2.25. The summed E-state index contributed by atoms with van der Waals surface area (Å²) in [5.41, 5.74) is 6.95. The Balaban J connectivity index is 1.44. The smallest absolute Gasteiger partial charge is 0.337 e. The summed E-state index contributed by atoms with van der Waals surface area (Å²) in [7, 11) is 3.02. The molecule has 0 unspecified atom stereocenters. The zero-order valence-corrected chi connectivity index (χ0v) is 25.3. The fourth-order valence-corrected chi connectivity index (χ4v) is 6.23. The van der Waals surface area contributed by atoms with Crippen molar-refractivity contribution in [2.24, 2.45) is 0 Å². The minimum atomic E-state index is -0.344. The Morgan fingerprint density at radius 2 is 1.81 bits per heavy atom. The number of likely N-dealkylation sites (tertiary alicyclic amines) is 1. The lowest BCUT2D eigenvalue weighted by Crippen LogP contribution is -2.25. The van der Waals surface area contributed by atoms with Gasteiger partial charge in [0, 0.05) is 42.8 Å². The third-order valence-corrected chi connectivity index (χ3v) is 8.33. The summed E-state index contributed by atoms with van der Waals surface area (Å²) in [6.45, 7) is 2.44. The Hall–Kier alpha value is -3.58. The van der Waals surface area contributed by atoms with E-state index in [-0.39, 0.29) is 18.0 Å². The van der Waals surface area contributed by atoms with Crippen LogP contribution in [0.2, 0.25) is 10.0 Å². The van der Waals surface area contributed by atoms with Gasteiger partial charge >= 0.3 is 5.97 Å². The van der Waals surface area contributed by atoms with Crippen molar-refractivity contribution in [1.82, 2.24) is 10.2 Å². The lowest BCUT2D eigenvalue weighted by molar-refractivity contribution is -0.116. The van der Waals surface area contributed by atoms with Crippen molar-refractivity contribution in [1.29, 1.82) is 0 Å². The second kappa shape index (κ2) is 13.6. The Bertz CT molecular complexity index is 1530. The molecule has 42 heavy (non-hydrogen) atoms. The number of fused-ring (bicyclic) bond motifs is 1. The van der Waals surface area contributed by atoms with Crippen LogP contribution in [0.25, 0.3) is 11.1 Å². The highest BCUT2D eigenvalue weighted by atomic mass is 35.5. The van der Waals surface area contributed by atoms with Gasteiger partial charge in [-0.3, -0.25) is 9.69 Å². The molecule has 1 heterocycles. The fourth-order valence-electron chi connectivity index (χ4n) is 5.71. The van der Waals surface area contributed by atoms with E-state index in [1.807, 2.05) is 48.5 Å². The maximum Gasteiger partial charge on any atom is 0.337 e. The second-order valence-electron chi connectivity index (χ2n) is 10.5. The van der Waals surface area contributed by atoms with Crippen LogP contribution < -0.4 is 10.1 Å². The Morgan fingerprint density at radius 3 is 2.55 bits per heavy atom. The zero-order valence-electron chi connectivity index (χ0n) is 23.8. The van der Waals surface area contributed by atoms with Crippen molar-refractivity contribution >= 4 is 46.2 Å². The van der Waals surface area contributed by atoms with Gasteiger partial charge < -0.3 is 14.8 Å². The first-order chi connectivity index (χ1) is 20.4.